The van der Waals surface area contributed by atoms with Gasteiger partial charge in [0.1, 0.15) is 6.54 Å². The zero-order chi connectivity index (χ0) is 22.9. The Hall–Kier alpha value is -4.41. The van der Waals surface area contributed by atoms with Crippen molar-refractivity contribution in [2.24, 2.45) is 10.2 Å². The van der Waals surface area contributed by atoms with Crippen LogP contribution in [0.5, 0.6) is 6.01 Å². The highest BCUT2D eigenvalue weighted by Crippen LogP contribution is 2.20. The van der Waals surface area contributed by atoms with E-state index in [0.29, 0.717) is 19.6 Å². The van der Waals surface area contributed by atoms with Gasteiger partial charge in [0.15, 0.2) is 0 Å². The maximum absolute atomic E-state index is 11.5. The minimum atomic E-state index is -0.462. The van der Waals surface area contributed by atoms with Gasteiger partial charge in [-0.3, -0.25) is 9.78 Å². The van der Waals surface area contributed by atoms with Crippen molar-refractivity contribution in [3.63, 3.8) is 0 Å². The van der Waals surface area contributed by atoms with E-state index in [2.05, 4.69) is 45.2 Å². The molecule has 0 fully saturated rings. The summed E-state index contributed by atoms with van der Waals surface area (Å²) < 4.78 is 10.3. The second-order valence-electron chi connectivity index (χ2n) is 6.85. The Balaban J connectivity index is 1.46. The van der Waals surface area contributed by atoms with Crippen LogP contribution in [0.25, 0.3) is 10.9 Å². The lowest BCUT2D eigenvalue weighted by Crippen LogP contribution is -2.17. The van der Waals surface area contributed by atoms with E-state index < -0.39 is 5.97 Å². The molecule has 0 unspecified atom stereocenters. The normalized spacial score (nSPS) is 11.1. The van der Waals surface area contributed by atoms with Crippen molar-refractivity contribution in [1.29, 1.82) is 0 Å². The number of anilines is 1. The van der Waals surface area contributed by atoms with Crippen LogP contribution in [0, 0.1) is 0 Å². The van der Waals surface area contributed by atoms with Crippen molar-refractivity contribution >= 4 is 28.8 Å². The van der Waals surface area contributed by atoms with Gasteiger partial charge in [-0.2, -0.15) is 20.1 Å². The fourth-order valence-corrected chi connectivity index (χ4v) is 2.99. The van der Waals surface area contributed by atoms with E-state index >= 15 is 0 Å². The molecule has 4 aromatic rings. The summed E-state index contributed by atoms with van der Waals surface area (Å²) >= 11 is 0. The molecule has 0 aliphatic heterocycles. The molecule has 0 radical (unpaired) electrons. The van der Waals surface area contributed by atoms with Crippen LogP contribution in [0.1, 0.15) is 11.3 Å². The molecule has 0 aliphatic rings. The van der Waals surface area contributed by atoms with Gasteiger partial charge in [-0.25, -0.2) is 0 Å². The third-order valence-corrected chi connectivity index (χ3v) is 4.61. The van der Waals surface area contributed by atoms with E-state index in [9.17, 15) is 4.79 Å². The number of H-pyrrole nitrogens is 1. The molecule has 11 nitrogen and oxygen atoms in total. The maximum atomic E-state index is 11.5. The first-order valence-electron chi connectivity index (χ1n) is 10.2. The number of rotatable bonds is 10. The first kappa shape index (κ1) is 21.8. The molecule has 0 atom stereocenters. The highest BCUT2D eigenvalue weighted by atomic mass is 16.5. The van der Waals surface area contributed by atoms with E-state index in [-0.39, 0.29) is 24.5 Å². The Bertz CT molecular complexity index is 1240. The Morgan fingerprint density at radius 1 is 1.12 bits per heavy atom. The van der Waals surface area contributed by atoms with Gasteiger partial charge in [-0.05, 0) is 18.2 Å². The predicted molar refractivity (Wildman–Crippen MR) is 120 cm³/mol. The Morgan fingerprint density at radius 3 is 2.85 bits per heavy atom. The summed E-state index contributed by atoms with van der Waals surface area (Å²) in [5.41, 5.74) is 2.91. The number of carbonyl (C=O) groups excluding carboxylic acids is 1. The number of aromatic nitrogens is 5. The smallest absolute Gasteiger partial charge is 0.325 e. The zero-order valence-electron chi connectivity index (χ0n) is 17.9. The summed E-state index contributed by atoms with van der Waals surface area (Å²) in [4.78, 5) is 31.5. The zero-order valence-corrected chi connectivity index (χ0v) is 17.9. The van der Waals surface area contributed by atoms with Crippen LogP contribution in [-0.2, 0) is 22.5 Å². The van der Waals surface area contributed by atoms with Crippen molar-refractivity contribution in [3.8, 4) is 6.01 Å². The minimum Gasteiger partial charge on any atom is -0.468 e. The summed E-state index contributed by atoms with van der Waals surface area (Å²) in [7, 11) is 1.30. The van der Waals surface area contributed by atoms with Gasteiger partial charge in [0, 0.05) is 41.0 Å². The molecular formula is C22H22N8O3. The van der Waals surface area contributed by atoms with Crippen LogP contribution >= 0.6 is 0 Å². The summed E-state index contributed by atoms with van der Waals surface area (Å²) in [6.45, 7) is 0.541. The van der Waals surface area contributed by atoms with Crippen LogP contribution in [0.2, 0.25) is 0 Å². The van der Waals surface area contributed by atoms with Crippen molar-refractivity contribution < 1.29 is 14.3 Å². The number of para-hydroxylation sites is 1. The number of hydrogen-bond acceptors (Lipinski definition) is 10. The lowest BCUT2D eigenvalue weighted by atomic mass is 10.2. The van der Waals surface area contributed by atoms with Gasteiger partial charge in [0.25, 0.3) is 5.95 Å². The number of ether oxygens (including phenoxy) is 2. The number of carbonyl (C=O) groups is 1. The van der Waals surface area contributed by atoms with E-state index in [0.717, 1.165) is 22.2 Å². The molecule has 0 saturated carbocycles. The van der Waals surface area contributed by atoms with Crippen LogP contribution in [0.4, 0.5) is 11.9 Å². The second kappa shape index (κ2) is 10.8. The molecule has 3 heterocycles. The monoisotopic (exact) mass is 446 g/mol. The summed E-state index contributed by atoms with van der Waals surface area (Å²) in [5.74, 6) is -0.273. The fourth-order valence-electron chi connectivity index (χ4n) is 2.99. The average molecular weight is 446 g/mol. The quantitative estimate of drug-likeness (QED) is 0.279. The SMILES string of the molecule is COC(=O)CNc1nc(N=NCc2c[nH]c3ccccc23)nc(OCCc2ccccn2)n1. The number of aromatic amines is 1. The number of pyridine rings is 1. The van der Waals surface area contributed by atoms with Crippen LogP contribution in [-0.4, -0.2) is 51.2 Å². The predicted octanol–water partition coefficient (Wildman–Crippen LogP) is 3.24. The Labute approximate surface area is 189 Å². The van der Waals surface area contributed by atoms with Crippen LogP contribution in [0.15, 0.2) is 65.1 Å². The highest BCUT2D eigenvalue weighted by Gasteiger charge is 2.10. The fraction of sp³-hybridized carbons (Fsp3) is 0.227. The number of nitrogens with zero attached hydrogens (tertiary/aromatic N) is 6. The number of azo groups is 1. The van der Waals surface area contributed by atoms with Gasteiger partial charge < -0.3 is 19.8 Å². The van der Waals surface area contributed by atoms with Gasteiger partial charge in [-0.15, -0.1) is 5.11 Å². The van der Waals surface area contributed by atoms with Crippen LogP contribution in [0.3, 0.4) is 0 Å². The van der Waals surface area contributed by atoms with E-state index in [1.165, 1.54) is 7.11 Å². The third kappa shape index (κ3) is 6.06. The molecule has 11 heteroatoms. The van der Waals surface area contributed by atoms with E-state index in [1.807, 2.05) is 48.7 Å². The molecular weight excluding hydrogens is 424 g/mol. The Morgan fingerprint density at radius 2 is 2.00 bits per heavy atom. The van der Waals surface area contributed by atoms with Crippen molar-refractivity contribution in [2.45, 2.75) is 13.0 Å². The van der Waals surface area contributed by atoms with Gasteiger partial charge in [-0.1, -0.05) is 24.3 Å². The molecule has 0 saturated heterocycles. The molecule has 0 spiro atoms. The second-order valence-corrected chi connectivity index (χ2v) is 6.85. The number of hydrogen-bond donors (Lipinski definition) is 2. The first-order chi connectivity index (χ1) is 16.2. The molecule has 2 N–H and O–H groups in total. The van der Waals surface area contributed by atoms with E-state index in [1.54, 1.807) is 6.20 Å². The third-order valence-electron chi connectivity index (χ3n) is 4.61. The lowest BCUT2D eigenvalue weighted by Gasteiger charge is -2.07. The number of methoxy groups -OCH3 is 1. The molecule has 0 bridgehead atoms. The average Bonchev–Trinajstić information content (AvgIpc) is 3.26. The molecule has 0 amide bonds. The molecule has 168 valence electrons. The number of fused-ring (bicyclic) bond motifs is 1. The summed E-state index contributed by atoms with van der Waals surface area (Å²) in [6.07, 6.45) is 4.20. The number of nitrogens with one attached hydrogen (secondary N) is 2. The first-order valence-corrected chi connectivity index (χ1v) is 10.2. The maximum Gasteiger partial charge on any atom is 0.325 e. The van der Waals surface area contributed by atoms with Gasteiger partial charge in [0.2, 0.25) is 5.95 Å². The molecule has 4 rings (SSSR count). The number of esters is 1. The molecule has 3 aromatic heterocycles. The minimum absolute atomic E-state index is 0.0602. The van der Waals surface area contributed by atoms with Crippen molar-refractivity contribution in [2.75, 3.05) is 25.6 Å². The number of benzene rings is 1. The van der Waals surface area contributed by atoms with Crippen molar-refractivity contribution in [1.82, 2.24) is 24.9 Å². The van der Waals surface area contributed by atoms with Gasteiger partial charge >= 0.3 is 12.0 Å². The largest absolute Gasteiger partial charge is 0.468 e. The molecule has 0 aliphatic carbocycles. The van der Waals surface area contributed by atoms with Crippen molar-refractivity contribution in [3.05, 3.63) is 66.1 Å². The topological polar surface area (TPSA) is 140 Å². The summed E-state index contributed by atoms with van der Waals surface area (Å²) in [5, 5.41) is 12.2. The highest BCUT2D eigenvalue weighted by molar-refractivity contribution is 5.82. The summed E-state index contributed by atoms with van der Waals surface area (Å²) in [6, 6.07) is 13.7. The van der Waals surface area contributed by atoms with E-state index in [4.69, 9.17) is 4.74 Å². The molecule has 33 heavy (non-hydrogen) atoms. The van der Waals surface area contributed by atoms with Gasteiger partial charge in [0.05, 0.1) is 20.3 Å². The van der Waals surface area contributed by atoms with Crippen LogP contribution < -0.4 is 10.1 Å². The lowest BCUT2D eigenvalue weighted by molar-refractivity contribution is -0.138. The Kier molecular flexibility index (Phi) is 7.11. The standard InChI is InChI=1S/C22H22N8O3/c1-32-19(31)14-25-20-27-21(29-22(28-20)33-11-9-16-6-4-5-10-23-16)30-26-13-15-12-24-18-8-3-2-7-17(15)18/h2-8,10,12,24H,9,11,13-14H2,1H3,(H,25,27,28,29). The molecule has 1 aromatic carbocycles.